The Morgan fingerprint density at radius 2 is 2.14 bits per heavy atom. The number of hydrogen-bond donors (Lipinski definition) is 1. The number of halogens is 1. The number of ether oxygens (including phenoxy) is 1. The van der Waals surface area contributed by atoms with E-state index in [0.717, 1.165) is 23.4 Å². The first kappa shape index (κ1) is 13.9. The lowest BCUT2D eigenvalue weighted by molar-refractivity contribution is 0.397. The number of imidazole rings is 1. The summed E-state index contributed by atoms with van der Waals surface area (Å²) >= 11 is 5.96. The molecule has 3 aromatic rings. The number of hydrogen-bond acceptors (Lipinski definition) is 4. The van der Waals surface area contributed by atoms with Gasteiger partial charge in [-0.15, -0.1) is 0 Å². The van der Waals surface area contributed by atoms with Crippen molar-refractivity contribution >= 4 is 17.2 Å². The third-order valence-electron chi connectivity index (χ3n) is 3.11. The van der Waals surface area contributed by atoms with Gasteiger partial charge in [-0.05, 0) is 23.8 Å². The van der Waals surface area contributed by atoms with Crippen LogP contribution in [0.2, 0.25) is 5.02 Å². The van der Waals surface area contributed by atoms with E-state index < -0.39 is 0 Å². The Balaban J connectivity index is 1.63. The average Bonchev–Trinajstić information content (AvgIpc) is 2.89. The minimum Gasteiger partial charge on any atom is -0.481 e. The molecule has 0 atom stereocenters. The van der Waals surface area contributed by atoms with E-state index >= 15 is 0 Å². The van der Waals surface area contributed by atoms with Crippen LogP contribution in [0.4, 0.5) is 0 Å². The summed E-state index contributed by atoms with van der Waals surface area (Å²) in [6, 6.07) is 7.61. The van der Waals surface area contributed by atoms with Crippen LogP contribution in [0.3, 0.4) is 0 Å². The van der Waals surface area contributed by atoms with Crippen molar-refractivity contribution in [2.45, 2.75) is 13.1 Å². The second-order valence-corrected chi connectivity index (χ2v) is 5.09. The number of pyridine rings is 2. The van der Waals surface area contributed by atoms with Crippen LogP contribution < -0.4 is 10.1 Å². The van der Waals surface area contributed by atoms with Gasteiger partial charge < -0.3 is 14.5 Å². The van der Waals surface area contributed by atoms with Gasteiger partial charge in [0, 0.05) is 37.7 Å². The molecule has 3 rings (SSSR count). The molecular weight excluding hydrogens is 288 g/mol. The Hall–Kier alpha value is -2.11. The summed E-state index contributed by atoms with van der Waals surface area (Å²) in [6.07, 6.45) is 5.56. The smallest absolute Gasteiger partial charge is 0.213 e. The van der Waals surface area contributed by atoms with E-state index in [1.165, 1.54) is 0 Å². The average molecular weight is 303 g/mol. The molecule has 5 nitrogen and oxygen atoms in total. The maximum atomic E-state index is 5.96. The van der Waals surface area contributed by atoms with Gasteiger partial charge >= 0.3 is 0 Å². The molecule has 0 saturated carbocycles. The molecule has 0 radical (unpaired) electrons. The van der Waals surface area contributed by atoms with E-state index in [0.29, 0.717) is 17.4 Å². The highest BCUT2D eigenvalue weighted by molar-refractivity contribution is 6.30. The summed E-state index contributed by atoms with van der Waals surface area (Å²) in [5.74, 6) is 0.622. The molecule has 108 valence electrons. The maximum Gasteiger partial charge on any atom is 0.213 e. The molecule has 1 N–H and O–H groups in total. The minimum absolute atomic E-state index is 0.622. The van der Waals surface area contributed by atoms with Crippen LogP contribution in [0.5, 0.6) is 5.88 Å². The Morgan fingerprint density at radius 3 is 3.00 bits per heavy atom. The van der Waals surface area contributed by atoms with Gasteiger partial charge in [0.25, 0.3) is 0 Å². The Labute approximate surface area is 127 Å². The van der Waals surface area contributed by atoms with E-state index in [1.54, 1.807) is 13.3 Å². The predicted molar refractivity (Wildman–Crippen MR) is 81.5 cm³/mol. The molecule has 3 heterocycles. The summed E-state index contributed by atoms with van der Waals surface area (Å²) in [7, 11) is 1.61. The number of fused-ring (bicyclic) bond motifs is 1. The quantitative estimate of drug-likeness (QED) is 0.787. The SMILES string of the molecule is COc1cc(CNCc2cn3cc(Cl)ccc3n2)ccn1. The van der Waals surface area contributed by atoms with Crippen molar-refractivity contribution in [2.75, 3.05) is 7.11 Å². The molecule has 0 amide bonds. The maximum absolute atomic E-state index is 5.96. The summed E-state index contributed by atoms with van der Waals surface area (Å²) in [4.78, 5) is 8.61. The van der Waals surface area contributed by atoms with Crippen molar-refractivity contribution < 1.29 is 4.74 Å². The number of nitrogens with zero attached hydrogens (tertiary/aromatic N) is 3. The van der Waals surface area contributed by atoms with Crippen LogP contribution in [-0.4, -0.2) is 21.5 Å². The van der Waals surface area contributed by atoms with Crippen molar-refractivity contribution in [3.05, 3.63) is 59.1 Å². The van der Waals surface area contributed by atoms with Gasteiger partial charge in [0.15, 0.2) is 0 Å². The molecule has 0 unspecified atom stereocenters. The zero-order valence-electron chi connectivity index (χ0n) is 11.6. The lowest BCUT2D eigenvalue weighted by atomic mass is 10.2. The Morgan fingerprint density at radius 1 is 1.24 bits per heavy atom. The van der Waals surface area contributed by atoms with Crippen molar-refractivity contribution in [1.29, 1.82) is 0 Å². The first-order valence-electron chi connectivity index (χ1n) is 6.57. The third kappa shape index (κ3) is 3.32. The van der Waals surface area contributed by atoms with E-state index in [4.69, 9.17) is 16.3 Å². The van der Waals surface area contributed by atoms with Gasteiger partial charge in [-0.1, -0.05) is 11.6 Å². The first-order chi connectivity index (χ1) is 10.2. The van der Waals surface area contributed by atoms with Gasteiger partial charge in [-0.3, -0.25) is 0 Å². The molecule has 0 aromatic carbocycles. The molecule has 0 aliphatic heterocycles. The van der Waals surface area contributed by atoms with Crippen LogP contribution in [0.1, 0.15) is 11.3 Å². The predicted octanol–water partition coefficient (Wildman–Crippen LogP) is 2.68. The molecule has 0 aliphatic carbocycles. The first-order valence-corrected chi connectivity index (χ1v) is 6.95. The minimum atomic E-state index is 0.622. The van der Waals surface area contributed by atoms with Gasteiger partial charge in [-0.2, -0.15) is 0 Å². The third-order valence-corrected chi connectivity index (χ3v) is 3.33. The van der Waals surface area contributed by atoms with Crippen LogP contribution >= 0.6 is 11.6 Å². The van der Waals surface area contributed by atoms with Crippen LogP contribution in [-0.2, 0) is 13.1 Å². The normalized spacial score (nSPS) is 11.0. The number of methoxy groups -OCH3 is 1. The molecule has 21 heavy (non-hydrogen) atoms. The topological polar surface area (TPSA) is 51.5 Å². The van der Waals surface area contributed by atoms with Gasteiger partial charge in [0.05, 0.1) is 17.8 Å². The van der Waals surface area contributed by atoms with E-state index in [9.17, 15) is 0 Å². The number of aromatic nitrogens is 3. The van der Waals surface area contributed by atoms with Crippen molar-refractivity contribution in [3.8, 4) is 5.88 Å². The van der Waals surface area contributed by atoms with Crippen LogP contribution in [0, 0.1) is 0 Å². The number of rotatable bonds is 5. The highest BCUT2D eigenvalue weighted by Gasteiger charge is 2.02. The highest BCUT2D eigenvalue weighted by Crippen LogP contribution is 2.12. The summed E-state index contributed by atoms with van der Waals surface area (Å²) < 4.78 is 7.03. The Kier molecular flexibility index (Phi) is 4.03. The fraction of sp³-hybridized carbons (Fsp3) is 0.200. The second kappa shape index (κ2) is 6.11. The lowest BCUT2D eigenvalue weighted by Gasteiger charge is -2.04. The largest absolute Gasteiger partial charge is 0.481 e. The standard InChI is InChI=1S/C15H15ClN4O/c1-21-15-6-11(4-5-18-15)7-17-8-13-10-20-9-12(16)2-3-14(20)19-13/h2-6,9-10,17H,7-8H2,1H3. The second-order valence-electron chi connectivity index (χ2n) is 4.66. The van der Waals surface area contributed by atoms with Gasteiger partial charge in [-0.25, -0.2) is 9.97 Å². The molecule has 0 aliphatic rings. The summed E-state index contributed by atoms with van der Waals surface area (Å²) in [5.41, 5.74) is 2.98. The molecular formula is C15H15ClN4O. The molecule has 3 aromatic heterocycles. The van der Waals surface area contributed by atoms with E-state index in [-0.39, 0.29) is 0 Å². The van der Waals surface area contributed by atoms with Crippen molar-refractivity contribution in [2.24, 2.45) is 0 Å². The van der Waals surface area contributed by atoms with Gasteiger partial charge in [0.2, 0.25) is 5.88 Å². The number of nitrogens with one attached hydrogen (secondary N) is 1. The van der Waals surface area contributed by atoms with E-state index in [1.807, 2.05) is 41.1 Å². The van der Waals surface area contributed by atoms with Gasteiger partial charge in [0.1, 0.15) is 5.65 Å². The van der Waals surface area contributed by atoms with Crippen LogP contribution in [0.25, 0.3) is 5.65 Å². The summed E-state index contributed by atoms with van der Waals surface area (Å²) in [6.45, 7) is 1.41. The molecule has 0 bridgehead atoms. The zero-order valence-corrected chi connectivity index (χ0v) is 12.3. The zero-order chi connectivity index (χ0) is 14.7. The molecule has 0 spiro atoms. The monoisotopic (exact) mass is 302 g/mol. The lowest BCUT2D eigenvalue weighted by Crippen LogP contribution is -2.13. The summed E-state index contributed by atoms with van der Waals surface area (Å²) in [5, 5.41) is 4.05. The van der Waals surface area contributed by atoms with Crippen molar-refractivity contribution in [1.82, 2.24) is 19.7 Å². The Bertz CT molecular complexity index is 756. The fourth-order valence-corrected chi connectivity index (χ4v) is 2.28. The molecule has 0 fully saturated rings. The molecule has 6 heteroatoms. The van der Waals surface area contributed by atoms with Crippen LogP contribution in [0.15, 0.2) is 42.9 Å². The van der Waals surface area contributed by atoms with E-state index in [2.05, 4.69) is 15.3 Å². The molecule has 0 saturated heterocycles. The fourth-order valence-electron chi connectivity index (χ4n) is 2.11. The highest BCUT2D eigenvalue weighted by atomic mass is 35.5. The van der Waals surface area contributed by atoms with Crippen molar-refractivity contribution in [3.63, 3.8) is 0 Å².